The maximum Gasteiger partial charge on any atom is 0.310 e. The van der Waals surface area contributed by atoms with E-state index in [0.29, 0.717) is 22.4 Å². The third-order valence-electron chi connectivity index (χ3n) is 7.73. The molecule has 5 atom stereocenters. The van der Waals surface area contributed by atoms with Crippen LogP contribution in [0.1, 0.15) is 33.9 Å². The molecule has 0 bridgehead atoms. The second-order valence-corrected chi connectivity index (χ2v) is 9.78. The van der Waals surface area contributed by atoms with Crippen LogP contribution in [0.2, 0.25) is 0 Å². The van der Waals surface area contributed by atoms with Crippen LogP contribution < -0.4 is 9.47 Å². The van der Waals surface area contributed by atoms with Gasteiger partial charge in [0.15, 0.2) is 11.2 Å². The largest absolute Gasteiger partial charge is 0.487 e. The molecule has 2 heterocycles. The molecule has 6 rings (SSSR count). The van der Waals surface area contributed by atoms with Gasteiger partial charge < -0.3 is 24.8 Å². The Hall–Kier alpha value is -4.71. The van der Waals surface area contributed by atoms with Gasteiger partial charge in [0.1, 0.15) is 29.9 Å². The smallest absolute Gasteiger partial charge is 0.310 e. The van der Waals surface area contributed by atoms with Crippen LogP contribution in [0.3, 0.4) is 0 Å². The first-order valence-electron chi connectivity index (χ1n) is 12.4. The van der Waals surface area contributed by atoms with E-state index in [4.69, 9.17) is 9.47 Å². The van der Waals surface area contributed by atoms with Crippen molar-refractivity contribution >= 4 is 5.97 Å². The van der Waals surface area contributed by atoms with Crippen LogP contribution in [-0.2, 0) is 22.6 Å². The molecule has 3 aromatic carbocycles. The standard InChI is InChI=1S/C31H24N2O6/c32-16-19-11-13-22(14-12-19)31-26(21-9-5-2-6-10-21)25(29(35)36)28(34)30(31,37)27-24(39-31)15-23(17-33-27)38-18-20-7-3-1-4-8-20/h1-15,17,25-26,28,34,37H,18H2,(H,35,36)/t25-,26-,28-,30?,31+/m1/s1. The first kappa shape index (κ1) is 24.6. The Bertz CT molecular complexity index is 1570. The molecule has 8 heteroatoms. The fraction of sp³-hybridized carbons (Fsp3) is 0.194. The molecular formula is C31H24N2O6. The van der Waals surface area contributed by atoms with Gasteiger partial charge in [-0.2, -0.15) is 5.26 Å². The number of hydrogen-bond donors (Lipinski definition) is 3. The van der Waals surface area contributed by atoms with E-state index < -0.39 is 35.1 Å². The summed E-state index contributed by atoms with van der Waals surface area (Å²) in [5.74, 6) is -3.14. The Kier molecular flexibility index (Phi) is 5.83. The van der Waals surface area contributed by atoms with Crippen LogP contribution in [-0.4, -0.2) is 32.4 Å². The molecular weight excluding hydrogens is 496 g/mol. The quantitative estimate of drug-likeness (QED) is 0.349. The number of nitriles is 1. The summed E-state index contributed by atoms with van der Waals surface area (Å²) in [6.07, 6.45) is -0.336. The van der Waals surface area contributed by atoms with Gasteiger partial charge in [0.2, 0.25) is 0 Å². The van der Waals surface area contributed by atoms with Gasteiger partial charge in [-0.15, -0.1) is 0 Å². The van der Waals surface area contributed by atoms with Crippen LogP contribution >= 0.6 is 0 Å². The molecule has 39 heavy (non-hydrogen) atoms. The Balaban J connectivity index is 1.52. The normalized spacial score (nSPS) is 26.6. The van der Waals surface area contributed by atoms with Crippen LogP contribution in [0, 0.1) is 17.2 Å². The van der Waals surface area contributed by atoms with E-state index >= 15 is 0 Å². The Morgan fingerprint density at radius 3 is 2.33 bits per heavy atom. The summed E-state index contributed by atoms with van der Waals surface area (Å²) in [6.45, 7) is 0.280. The van der Waals surface area contributed by atoms with E-state index in [-0.39, 0.29) is 18.1 Å². The zero-order valence-electron chi connectivity index (χ0n) is 20.6. The highest BCUT2D eigenvalue weighted by molar-refractivity contribution is 5.76. The zero-order valence-corrected chi connectivity index (χ0v) is 20.6. The molecule has 1 unspecified atom stereocenters. The van der Waals surface area contributed by atoms with Gasteiger partial charge in [-0.1, -0.05) is 72.8 Å². The molecule has 194 valence electrons. The number of hydrogen-bond acceptors (Lipinski definition) is 7. The van der Waals surface area contributed by atoms with Gasteiger partial charge in [-0.05, 0) is 28.8 Å². The number of pyridine rings is 1. The summed E-state index contributed by atoms with van der Waals surface area (Å²) in [5, 5.41) is 43.6. The highest BCUT2D eigenvalue weighted by atomic mass is 16.5. The zero-order chi connectivity index (χ0) is 27.2. The van der Waals surface area contributed by atoms with Gasteiger partial charge in [0.25, 0.3) is 0 Å². The van der Waals surface area contributed by atoms with Gasteiger partial charge in [-0.3, -0.25) is 9.78 Å². The predicted octanol–water partition coefficient (Wildman–Crippen LogP) is 3.87. The van der Waals surface area contributed by atoms with Gasteiger partial charge >= 0.3 is 5.97 Å². The topological polar surface area (TPSA) is 133 Å². The van der Waals surface area contributed by atoms with Crippen molar-refractivity contribution < 1.29 is 29.6 Å². The number of aliphatic carboxylic acids is 1. The van der Waals surface area contributed by atoms with E-state index in [0.717, 1.165) is 5.56 Å². The Labute approximate surface area is 224 Å². The molecule has 2 aliphatic rings. The molecule has 1 aromatic heterocycles. The lowest BCUT2D eigenvalue weighted by Crippen LogP contribution is -2.52. The number of aliphatic hydroxyl groups is 2. The van der Waals surface area contributed by atoms with Crippen molar-refractivity contribution in [2.45, 2.75) is 29.8 Å². The number of carbonyl (C=O) groups is 1. The Morgan fingerprint density at radius 2 is 1.69 bits per heavy atom. The molecule has 8 nitrogen and oxygen atoms in total. The number of benzene rings is 3. The van der Waals surface area contributed by atoms with Crippen molar-refractivity contribution in [3.63, 3.8) is 0 Å². The third kappa shape index (κ3) is 3.59. The average molecular weight is 521 g/mol. The number of nitrogens with zero attached hydrogens (tertiary/aromatic N) is 2. The number of ether oxygens (including phenoxy) is 2. The van der Waals surface area contributed by atoms with Crippen LogP contribution in [0.25, 0.3) is 0 Å². The summed E-state index contributed by atoms with van der Waals surface area (Å²) in [5.41, 5.74) is -1.66. The first-order valence-corrected chi connectivity index (χ1v) is 12.4. The molecule has 0 radical (unpaired) electrons. The van der Waals surface area contributed by atoms with E-state index in [1.165, 1.54) is 6.20 Å². The van der Waals surface area contributed by atoms with Crippen molar-refractivity contribution in [3.8, 4) is 17.6 Å². The lowest BCUT2D eigenvalue weighted by atomic mass is 9.71. The van der Waals surface area contributed by atoms with Crippen molar-refractivity contribution in [1.29, 1.82) is 5.26 Å². The minimum Gasteiger partial charge on any atom is -0.487 e. The molecule has 4 aromatic rings. The SMILES string of the molecule is N#Cc1ccc([C@@]23Oc4cc(OCc5ccccc5)cnc4C2(O)[C@H](O)[C@H](C(=O)O)[C@H]3c2ccccc2)cc1. The first-order chi connectivity index (χ1) is 18.9. The van der Waals surface area contributed by atoms with Crippen LogP contribution in [0.5, 0.6) is 11.5 Å². The van der Waals surface area contributed by atoms with Gasteiger partial charge in [0, 0.05) is 12.0 Å². The van der Waals surface area contributed by atoms with Crippen molar-refractivity contribution in [2.75, 3.05) is 0 Å². The summed E-state index contributed by atoms with van der Waals surface area (Å²) in [4.78, 5) is 17.1. The summed E-state index contributed by atoms with van der Waals surface area (Å²) < 4.78 is 12.5. The minimum absolute atomic E-state index is 0.0242. The molecule has 1 aliphatic heterocycles. The van der Waals surface area contributed by atoms with E-state index in [1.54, 1.807) is 60.7 Å². The van der Waals surface area contributed by atoms with Crippen molar-refractivity contribution in [3.05, 3.63) is 125 Å². The average Bonchev–Trinajstić information content (AvgIpc) is 3.35. The maximum atomic E-state index is 12.6. The molecule has 1 fully saturated rings. The Morgan fingerprint density at radius 1 is 1.03 bits per heavy atom. The van der Waals surface area contributed by atoms with Crippen molar-refractivity contribution in [2.24, 2.45) is 5.92 Å². The van der Waals surface area contributed by atoms with Gasteiger partial charge in [0.05, 0.1) is 23.7 Å². The lowest BCUT2D eigenvalue weighted by molar-refractivity contribution is -0.160. The van der Waals surface area contributed by atoms with E-state index in [1.807, 2.05) is 30.3 Å². The summed E-state index contributed by atoms with van der Waals surface area (Å²) >= 11 is 0. The van der Waals surface area contributed by atoms with Crippen LogP contribution in [0.15, 0.2) is 97.2 Å². The molecule has 0 spiro atoms. The van der Waals surface area contributed by atoms with E-state index in [2.05, 4.69) is 11.1 Å². The second-order valence-electron chi connectivity index (χ2n) is 9.78. The number of aromatic nitrogens is 1. The molecule has 0 amide bonds. The fourth-order valence-corrected chi connectivity index (χ4v) is 6.02. The number of carboxylic acids is 1. The molecule has 1 aliphatic carbocycles. The number of fused-ring (bicyclic) bond motifs is 3. The highest BCUT2D eigenvalue weighted by Gasteiger charge is 2.78. The van der Waals surface area contributed by atoms with Gasteiger partial charge in [-0.25, -0.2) is 0 Å². The molecule has 0 saturated heterocycles. The molecule has 3 N–H and O–H groups in total. The monoisotopic (exact) mass is 520 g/mol. The number of carboxylic acid groups (broad SMARTS) is 1. The summed E-state index contributed by atoms with van der Waals surface area (Å²) in [7, 11) is 0. The van der Waals surface area contributed by atoms with Crippen LogP contribution in [0.4, 0.5) is 0 Å². The highest BCUT2D eigenvalue weighted by Crippen LogP contribution is 2.68. The summed E-state index contributed by atoms with van der Waals surface area (Å²) in [6, 6.07) is 28.5. The number of rotatable bonds is 6. The fourth-order valence-electron chi connectivity index (χ4n) is 6.02. The van der Waals surface area contributed by atoms with E-state index in [9.17, 15) is 25.4 Å². The minimum atomic E-state index is -2.22. The lowest BCUT2D eigenvalue weighted by Gasteiger charge is -2.40. The maximum absolute atomic E-state index is 12.6. The molecule has 1 saturated carbocycles. The second kappa shape index (κ2) is 9.24. The predicted molar refractivity (Wildman–Crippen MR) is 139 cm³/mol. The number of aliphatic hydroxyl groups excluding tert-OH is 1. The third-order valence-corrected chi connectivity index (χ3v) is 7.73. The van der Waals surface area contributed by atoms with Crippen molar-refractivity contribution in [1.82, 2.24) is 4.98 Å².